The summed E-state index contributed by atoms with van der Waals surface area (Å²) in [6, 6.07) is 5.80. The molecule has 0 fully saturated rings. The number of nitrogens with zero attached hydrogens (tertiary/aromatic N) is 6. The van der Waals surface area contributed by atoms with Gasteiger partial charge in [0.2, 0.25) is 0 Å². The highest BCUT2D eigenvalue weighted by Crippen LogP contribution is 2.26. The third-order valence-electron chi connectivity index (χ3n) is 3.36. The third-order valence-corrected chi connectivity index (χ3v) is 3.36. The topological polar surface area (TPSA) is 82.0 Å². The predicted molar refractivity (Wildman–Crippen MR) is 79.0 cm³/mol. The average molecular weight is 292 g/mol. The number of pyridine rings is 1. The van der Waals surface area contributed by atoms with Crippen molar-refractivity contribution in [3.8, 4) is 23.0 Å². The summed E-state index contributed by atoms with van der Waals surface area (Å²) in [4.78, 5) is 12.8. The minimum Gasteiger partial charge on any atom is -0.414 e. The van der Waals surface area contributed by atoms with Gasteiger partial charge in [-0.15, -0.1) is 10.2 Å². The average Bonchev–Trinajstić information content (AvgIpc) is 3.11. The Morgan fingerprint density at radius 3 is 2.59 bits per heavy atom. The molecule has 108 valence electrons. The zero-order chi connectivity index (χ0) is 15.1. The van der Waals surface area contributed by atoms with E-state index in [4.69, 9.17) is 4.42 Å². The molecule has 0 saturated carbocycles. The molecule has 0 saturated heterocycles. The normalized spacial score (nSPS) is 11.2. The molecule has 4 heterocycles. The summed E-state index contributed by atoms with van der Waals surface area (Å²) in [6.45, 7) is 3.74. The molecule has 4 rings (SSSR count). The lowest BCUT2D eigenvalue weighted by molar-refractivity contribution is 0.580. The second-order valence-electron chi connectivity index (χ2n) is 4.91. The Kier molecular flexibility index (Phi) is 2.72. The van der Waals surface area contributed by atoms with Gasteiger partial charge in [-0.3, -0.25) is 4.40 Å². The molecule has 4 aromatic rings. The van der Waals surface area contributed by atoms with Crippen molar-refractivity contribution in [1.29, 1.82) is 0 Å². The molecule has 0 aliphatic carbocycles. The summed E-state index contributed by atoms with van der Waals surface area (Å²) in [5, 5.41) is 8.22. The molecule has 0 aliphatic rings. The molecular weight excluding hydrogens is 280 g/mol. The van der Waals surface area contributed by atoms with E-state index in [1.165, 1.54) is 0 Å². The Balaban J connectivity index is 1.83. The Labute approximate surface area is 125 Å². The van der Waals surface area contributed by atoms with Gasteiger partial charge in [-0.2, -0.15) is 0 Å². The van der Waals surface area contributed by atoms with Crippen molar-refractivity contribution in [2.45, 2.75) is 13.8 Å². The van der Waals surface area contributed by atoms with Gasteiger partial charge in [0.1, 0.15) is 17.2 Å². The minimum absolute atomic E-state index is 0.389. The summed E-state index contributed by atoms with van der Waals surface area (Å²) in [5.74, 6) is 1.51. The summed E-state index contributed by atoms with van der Waals surface area (Å²) >= 11 is 0. The van der Waals surface area contributed by atoms with Crippen LogP contribution in [0.3, 0.4) is 0 Å². The Morgan fingerprint density at radius 1 is 1.00 bits per heavy atom. The van der Waals surface area contributed by atoms with Crippen LogP contribution in [0.4, 0.5) is 0 Å². The van der Waals surface area contributed by atoms with Crippen LogP contribution in [-0.4, -0.2) is 29.5 Å². The molecule has 22 heavy (non-hydrogen) atoms. The van der Waals surface area contributed by atoms with Gasteiger partial charge in [0.25, 0.3) is 11.8 Å². The molecule has 0 amide bonds. The number of hydrogen-bond acceptors (Lipinski definition) is 6. The summed E-state index contributed by atoms with van der Waals surface area (Å²) < 4.78 is 7.71. The fourth-order valence-corrected chi connectivity index (χ4v) is 2.31. The monoisotopic (exact) mass is 292 g/mol. The Hall–Kier alpha value is -3.09. The van der Waals surface area contributed by atoms with Crippen molar-refractivity contribution in [3.05, 3.63) is 48.3 Å². The molecule has 0 spiro atoms. The summed E-state index contributed by atoms with van der Waals surface area (Å²) in [7, 11) is 0. The van der Waals surface area contributed by atoms with Crippen molar-refractivity contribution in [2.24, 2.45) is 0 Å². The van der Waals surface area contributed by atoms with E-state index >= 15 is 0 Å². The molecule has 4 aromatic heterocycles. The molecule has 7 nitrogen and oxygen atoms in total. The quantitative estimate of drug-likeness (QED) is 0.564. The molecule has 0 unspecified atom stereocenters. The number of aromatic nitrogens is 6. The van der Waals surface area contributed by atoms with E-state index in [1.807, 2.05) is 42.6 Å². The molecule has 0 atom stereocenters. The van der Waals surface area contributed by atoms with Crippen LogP contribution >= 0.6 is 0 Å². The first-order valence-corrected chi connectivity index (χ1v) is 6.79. The molecule has 0 radical (unpaired) electrons. The van der Waals surface area contributed by atoms with Gasteiger partial charge in [0.05, 0.1) is 11.3 Å². The highest BCUT2D eigenvalue weighted by atomic mass is 16.4. The van der Waals surface area contributed by atoms with Gasteiger partial charge in [-0.1, -0.05) is 6.07 Å². The molecule has 0 aliphatic heterocycles. The van der Waals surface area contributed by atoms with Gasteiger partial charge in [0, 0.05) is 18.6 Å². The lowest BCUT2D eigenvalue weighted by Crippen LogP contribution is -1.88. The molecule has 7 heteroatoms. The van der Waals surface area contributed by atoms with E-state index in [0.29, 0.717) is 23.2 Å². The van der Waals surface area contributed by atoms with Gasteiger partial charge in [-0.25, -0.2) is 15.0 Å². The van der Waals surface area contributed by atoms with Gasteiger partial charge >= 0.3 is 0 Å². The van der Waals surface area contributed by atoms with Crippen molar-refractivity contribution < 1.29 is 4.42 Å². The second kappa shape index (κ2) is 4.73. The SMILES string of the molecule is Cc1ncc(-c2nnc(-c3c(C)nc4ccccn34)o2)cn1. The number of hydrogen-bond donors (Lipinski definition) is 0. The molecule has 0 N–H and O–H groups in total. The Morgan fingerprint density at radius 2 is 1.77 bits per heavy atom. The number of imidazole rings is 1. The maximum atomic E-state index is 5.78. The standard InChI is InChI=1S/C15H12N6O/c1-9-13(21-6-4-3-5-12(21)18-9)15-20-19-14(22-15)11-7-16-10(2)17-8-11/h3-8H,1-2H3. The molecular formula is C15H12N6O. The number of aryl methyl sites for hydroxylation is 2. The maximum absolute atomic E-state index is 5.78. The second-order valence-corrected chi connectivity index (χ2v) is 4.91. The van der Waals surface area contributed by atoms with Crippen LogP contribution in [0.1, 0.15) is 11.5 Å². The predicted octanol–water partition coefficient (Wildman–Crippen LogP) is 2.46. The third kappa shape index (κ3) is 1.95. The van der Waals surface area contributed by atoms with Crippen LogP contribution in [0.2, 0.25) is 0 Å². The van der Waals surface area contributed by atoms with Gasteiger partial charge in [0.15, 0.2) is 0 Å². The van der Waals surface area contributed by atoms with Crippen LogP contribution in [0.25, 0.3) is 28.7 Å². The van der Waals surface area contributed by atoms with Crippen molar-refractivity contribution in [2.75, 3.05) is 0 Å². The highest BCUT2D eigenvalue weighted by Gasteiger charge is 2.17. The first-order chi connectivity index (χ1) is 10.7. The van der Waals surface area contributed by atoms with E-state index in [1.54, 1.807) is 12.4 Å². The van der Waals surface area contributed by atoms with E-state index in [2.05, 4.69) is 25.1 Å². The number of rotatable bonds is 2. The lowest BCUT2D eigenvalue weighted by Gasteiger charge is -1.97. The highest BCUT2D eigenvalue weighted by molar-refractivity contribution is 5.61. The van der Waals surface area contributed by atoms with Crippen molar-refractivity contribution in [1.82, 2.24) is 29.5 Å². The first-order valence-electron chi connectivity index (χ1n) is 6.79. The van der Waals surface area contributed by atoms with Crippen LogP contribution in [0.5, 0.6) is 0 Å². The fraction of sp³-hybridized carbons (Fsp3) is 0.133. The van der Waals surface area contributed by atoms with Crippen molar-refractivity contribution in [3.63, 3.8) is 0 Å². The van der Waals surface area contributed by atoms with E-state index in [0.717, 1.165) is 17.0 Å². The van der Waals surface area contributed by atoms with Crippen molar-refractivity contribution >= 4 is 5.65 Å². The largest absolute Gasteiger partial charge is 0.414 e. The number of fused-ring (bicyclic) bond motifs is 1. The zero-order valence-corrected chi connectivity index (χ0v) is 12.1. The van der Waals surface area contributed by atoms with Gasteiger partial charge in [-0.05, 0) is 26.0 Å². The summed E-state index contributed by atoms with van der Waals surface area (Å²) in [5.41, 5.74) is 3.16. The van der Waals surface area contributed by atoms with Crippen LogP contribution in [0, 0.1) is 13.8 Å². The molecule has 0 aromatic carbocycles. The fourth-order valence-electron chi connectivity index (χ4n) is 2.31. The van der Waals surface area contributed by atoms with Crippen LogP contribution in [0.15, 0.2) is 41.2 Å². The van der Waals surface area contributed by atoms with E-state index < -0.39 is 0 Å². The Bertz CT molecular complexity index is 954. The maximum Gasteiger partial charge on any atom is 0.266 e. The van der Waals surface area contributed by atoms with E-state index in [9.17, 15) is 0 Å². The lowest BCUT2D eigenvalue weighted by atomic mass is 10.3. The summed E-state index contributed by atoms with van der Waals surface area (Å²) in [6.07, 6.45) is 5.26. The first kappa shape index (κ1) is 12.6. The van der Waals surface area contributed by atoms with Crippen LogP contribution in [-0.2, 0) is 0 Å². The molecule has 0 bridgehead atoms. The van der Waals surface area contributed by atoms with E-state index in [-0.39, 0.29) is 0 Å². The van der Waals surface area contributed by atoms with Crippen LogP contribution < -0.4 is 0 Å². The zero-order valence-electron chi connectivity index (χ0n) is 12.1. The smallest absolute Gasteiger partial charge is 0.266 e. The minimum atomic E-state index is 0.389. The van der Waals surface area contributed by atoms with Gasteiger partial charge < -0.3 is 4.42 Å².